The van der Waals surface area contributed by atoms with Gasteiger partial charge < -0.3 is 15.0 Å². The molecule has 3 N–H and O–H groups in total. The molecule has 38 heavy (non-hydrogen) atoms. The summed E-state index contributed by atoms with van der Waals surface area (Å²) in [6.07, 6.45) is 2.41. The van der Waals surface area contributed by atoms with E-state index in [1.807, 2.05) is 48.7 Å². The zero-order valence-electron chi connectivity index (χ0n) is 20.3. The average Bonchev–Trinajstić information content (AvgIpc) is 3.63. The van der Waals surface area contributed by atoms with Crippen LogP contribution in [0.15, 0.2) is 77.4 Å². The second-order valence-electron chi connectivity index (χ2n) is 9.98. The summed E-state index contributed by atoms with van der Waals surface area (Å²) >= 11 is 3.52. The standard InChI is InChI=1S/C29H23BrN4O4/c1-38-18-9-7-17(8-10-18)34-26(35)24-23(12-15-14-31-21-5-3-2-4-19(15)21)33-29(25(24)27(34)36)20-13-16(30)6-11-22(20)32-28(29)37/h2-11,13-14,23-25,31,33H,12H2,1H3,(H,32,37)/t23-,24+,25+,29-/m0/s1. The van der Waals surface area contributed by atoms with Crippen LogP contribution in [0.25, 0.3) is 10.9 Å². The van der Waals surface area contributed by atoms with Gasteiger partial charge in [0.15, 0.2) is 0 Å². The summed E-state index contributed by atoms with van der Waals surface area (Å²) in [4.78, 5) is 46.5. The summed E-state index contributed by atoms with van der Waals surface area (Å²) in [7, 11) is 1.56. The van der Waals surface area contributed by atoms with Crippen molar-refractivity contribution in [1.82, 2.24) is 10.3 Å². The molecule has 9 heteroatoms. The number of anilines is 2. The van der Waals surface area contributed by atoms with Gasteiger partial charge in [-0.25, -0.2) is 4.90 Å². The van der Waals surface area contributed by atoms with E-state index in [0.29, 0.717) is 29.1 Å². The molecule has 3 aliphatic heterocycles. The first-order chi connectivity index (χ1) is 18.4. The SMILES string of the molecule is COc1ccc(N2C(=O)[C@@H]3[C@H](Cc4c[nH]c5ccccc45)N[C@]4(C(=O)Nc5ccc(Br)cc54)[C@H]3C2=O)cc1. The molecule has 1 spiro atoms. The number of nitrogens with zero attached hydrogens (tertiary/aromatic N) is 1. The van der Waals surface area contributed by atoms with E-state index in [4.69, 9.17) is 4.74 Å². The maximum atomic E-state index is 14.2. The van der Waals surface area contributed by atoms with E-state index in [2.05, 4.69) is 31.5 Å². The van der Waals surface area contributed by atoms with Crippen LogP contribution in [0.4, 0.5) is 11.4 Å². The largest absolute Gasteiger partial charge is 0.497 e. The molecule has 7 rings (SSSR count). The summed E-state index contributed by atoms with van der Waals surface area (Å²) in [5, 5.41) is 7.53. The molecule has 0 bridgehead atoms. The fourth-order valence-corrected chi connectivity index (χ4v) is 6.83. The fraction of sp³-hybridized carbons (Fsp3) is 0.207. The van der Waals surface area contributed by atoms with Crippen LogP contribution in [0, 0.1) is 11.8 Å². The van der Waals surface area contributed by atoms with Crippen molar-refractivity contribution in [2.24, 2.45) is 11.8 Å². The number of hydrogen-bond donors (Lipinski definition) is 3. The molecule has 8 nitrogen and oxygen atoms in total. The van der Waals surface area contributed by atoms with E-state index in [-0.39, 0.29) is 17.7 Å². The number of methoxy groups -OCH3 is 1. The molecule has 0 saturated carbocycles. The maximum Gasteiger partial charge on any atom is 0.250 e. The summed E-state index contributed by atoms with van der Waals surface area (Å²) in [6, 6.07) is 19.9. The molecule has 0 radical (unpaired) electrons. The molecule has 3 amide bonds. The van der Waals surface area contributed by atoms with Crippen molar-refractivity contribution in [3.05, 3.63) is 88.5 Å². The van der Waals surface area contributed by atoms with Crippen molar-refractivity contribution in [2.75, 3.05) is 17.3 Å². The minimum absolute atomic E-state index is 0.310. The molecule has 2 fully saturated rings. The number of rotatable bonds is 4. The van der Waals surface area contributed by atoms with Gasteiger partial charge in [0.2, 0.25) is 17.7 Å². The molecule has 3 aliphatic rings. The number of aromatic nitrogens is 1. The predicted molar refractivity (Wildman–Crippen MR) is 146 cm³/mol. The van der Waals surface area contributed by atoms with Gasteiger partial charge in [-0.05, 0) is 60.5 Å². The van der Waals surface area contributed by atoms with E-state index in [1.54, 1.807) is 31.4 Å². The number of imide groups is 1. The average molecular weight is 571 g/mol. The van der Waals surface area contributed by atoms with Gasteiger partial charge in [0.05, 0.1) is 24.6 Å². The van der Waals surface area contributed by atoms with Crippen LogP contribution in [0.5, 0.6) is 5.75 Å². The number of ether oxygens (including phenoxy) is 1. The lowest BCUT2D eigenvalue weighted by atomic mass is 9.76. The highest BCUT2D eigenvalue weighted by Gasteiger charge is 2.70. The quantitative estimate of drug-likeness (QED) is 0.320. The molecular weight excluding hydrogens is 548 g/mol. The van der Waals surface area contributed by atoms with E-state index >= 15 is 0 Å². The van der Waals surface area contributed by atoms with Crippen LogP contribution in [0.3, 0.4) is 0 Å². The third-order valence-electron chi connectivity index (χ3n) is 8.12. The fourth-order valence-electron chi connectivity index (χ4n) is 6.47. The Balaban J connectivity index is 1.37. The number of carbonyl (C=O) groups is 3. The van der Waals surface area contributed by atoms with E-state index in [0.717, 1.165) is 20.9 Å². The van der Waals surface area contributed by atoms with Crippen molar-refractivity contribution in [2.45, 2.75) is 18.0 Å². The Morgan fingerprint density at radius 3 is 2.58 bits per heavy atom. The monoisotopic (exact) mass is 570 g/mol. The van der Waals surface area contributed by atoms with Crippen molar-refractivity contribution in [1.29, 1.82) is 0 Å². The van der Waals surface area contributed by atoms with E-state index in [1.165, 1.54) is 4.90 Å². The molecule has 0 aliphatic carbocycles. The molecule has 4 atom stereocenters. The van der Waals surface area contributed by atoms with Crippen molar-refractivity contribution in [3.63, 3.8) is 0 Å². The molecule has 2 saturated heterocycles. The van der Waals surface area contributed by atoms with Crippen molar-refractivity contribution >= 4 is 55.9 Å². The number of benzene rings is 3. The second-order valence-corrected chi connectivity index (χ2v) is 10.9. The Hall–Kier alpha value is -3.95. The Morgan fingerprint density at radius 1 is 1.00 bits per heavy atom. The van der Waals surface area contributed by atoms with Gasteiger partial charge in [-0.1, -0.05) is 34.1 Å². The summed E-state index contributed by atoms with van der Waals surface area (Å²) < 4.78 is 6.04. The number of amides is 3. The number of fused-ring (bicyclic) bond motifs is 5. The zero-order chi connectivity index (χ0) is 26.2. The molecule has 4 aromatic rings. The first-order valence-electron chi connectivity index (χ1n) is 12.4. The van der Waals surface area contributed by atoms with Crippen LogP contribution in [-0.2, 0) is 26.3 Å². The highest BCUT2D eigenvalue weighted by Crippen LogP contribution is 2.54. The number of carbonyl (C=O) groups excluding carboxylic acids is 3. The van der Waals surface area contributed by atoms with Gasteiger partial charge in [-0.3, -0.25) is 19.7 Å². The Labute approximate surface area is 226 Å². The van der Waals surface area contributed by atoms with Gasteiger partial charge in [0, 0.05) is 38.9 Å². The molecular formula is C29H23BrN4O4. The molecule has 0 unspecified atom stereocenters. The Morgan fingerprint density at radius 2 is 1.79 bits per heavy atom. The summed E-state index contributed by atoms with van der Waals surface area (Å²) in [5.41, 5.74) is 2.42. The number of hydrogen-bond acceptors (Lipinski definition) is 5. The Kier molecular flexibility index (Phi) is 5.05. The van der Waals surface area contributed by atoms with E-state index in [9.17, 15) is 14.4 Å². The number of H-pyrrole nitrogens is 1. The predicted octanol–water partition coefficient (Wildman–Crippen LogP) is 4.11. The number of aromatic amines is 1. The normalized spacial score (nSPS) is 25.8. The van der Waals surface area contributed by atoms with Crippen LogP contribution < -0.4 is 20.3 Å². The minimum atomic E-state index is -1.37. The highest BCUT2D eigenvalue weighted by molar-refractivity contribution is 9.10. The lowest BCUT2D eigenvalue weighted by Crippen LogP contribution is -2.53. The lowest BCUT2D eigenvalue weighted by Gasteiger charge is -2.29. The van der Waals surface area contributed by atoms with Crippen LogP contribution >= 0.6 is 15.9 Å². The number of nitrogens with one attached hydrogen (secondary N) is 3. The van der Waals surface area contributed by atoms with E-state index < -0.39 is 23.4 Å². The van der Waals surface area contributed by atoms with Crippen molar-refractivity contribution < 1.29 is 19.1 Å². The van der Waals surface area contributed by atoms with Gasteiger partial charge >= 0.3 is 0 Å². The first kappa shape index (κ1) is 23.2. The highest BCUT2D eigenvalue weighted by atomic mass is 79.9. The molecule has 4 heterocycles. The number of halogens is 1. The van der Waals surface area contributed by atoms with Gasteiger partial charge in [0.25, 0.3) is 0 Å². The van der Waals surface area contributed by atoms with Crippen LogP contribution in [-0.4, -0.2) is 35.9 Å². The number of para-hydroxylation sites is 1. The smallest absolute Gasteiger partial charge is 0.250 e. The molecule has 1 aromatic heterocycles. The summed E-state index contributed by atoms with van der Waals surface area (Å²) in [5.74, 6) is -2.02. The Bertz CT molecular complexity index is 1650. The minimum Gasteiger partial charge on any atom is -0.497 e. The second kappa shape index (κ2) is 8.28. The van der Waals surface area contributed by atoms with Crippen LogP contribution in [0.1, 0.15) is 11.1 Å². The molecule has 3 aromatic carbocycles. The van der Waals surface area contributed by atoms with Crippen LogP contribution in [0.2, 0.25) is 0 Å². The zero-order valence-corrected chi connectivity index (χ0v) is 21.9. The molecule has 190 valence electrons. The lowest BCUT2D eigenvalue weighted by molar-refractivity contribution is -0.130. The topological polar surface area (TPSA) is 104 Å². The van der Waals surface area contributed by atoms with Gasteiger partial charge in [0.1, 0.15) is 11.3 Å². The summed E-state index contributed by atoms with van der Waals surface area (Å²) in [6.45, 7) is 0. The van der Waals surface area contributed by atoms with Crippen molar-refractivity contribution in [3.8, 4) is 5.75 Å². The maximum absolute atomic E-state index is 14.2. The first-order valence-corrected chi connectivity index (χ1v) is 13.2. The van der Waals surface area contributed by atoms with Gasteiger partial charge in [-0.2, -0.15) is 0 Å². The third-order valence-corrected chi connectivity index (χ3v) is 8.62. The van der Waals surface area contributed by atoms with Gasteiger partial charge in [-0.15, -0.1) is 0 Å². The third kappa shape index (κ3) is 3.09.